The van der Waals surface area contributed by atoms with E-state index < -0.39 is 64.4 Å². The predicted molar refractivity (Wildman–Crippen MR) is 141 cm³/mol. The largest absolute Gasteiger partial charge is 0.458 e. The van der Waals surface area contributed by atoms with Crippen LogP contribution in [0.25, 0.3) is 0 Å². The molecule has 2 bridgehead atoms. The summed E-state index contributed by atoms with van der Waals surface area (Å²) in [7, 11) is 0. The summed E-state index contributed by atoms with van der Waals surface area (Å²) >= 11 is 0. The second-order valence-corrected chi connectivity index (χ2v) is 11.9. The average molecular weight is 551 g/mol. The van der Waals surface area contributed by atoms with Gasteiger partial charge in [0.25, 0.3) is 0 Å². The Balaban J connectivity index is 1.68. The zero-order valence-corrected chi connectivity index (χ0v) is 23.2. The summed E-state index contributed by atoms with van der Waals surface area (Å²) < 4.78 is 24.4. The summed E-state index contributed by atoms with van der Waals surface area (Å²) in [5.74, 6) is -3.10. The van der Waals surface area contributed by atoms with Gasteiger partial charge in [0.15, 0.2) is 17.5 Å². The number of carbonyl (C=O) groups is 4. The van der Waals surface area contributed by atoms with Crippen LogP contribution in [-0.4, -0.2) is 63.9 Å². The Morgan fingerprint density at radius 3 is 1.90 bits per heavy atom. The van der Waals surface area contributed by atoms with E-state index in [1.807, 2.05) is 0 Å². The van der Waals surface area contributed by atoms with Crippen molar-refractivity contribution in [2.45, 2.75) is 82.6 Å². The smallest absolute Gasteiger partial charge is 0.338 e. The lowest BCUT2D eigenvalue weighted by Crippen LogP contribution is -2.80. The second-order valence-electron chi connectivity index (χ2n) is 11.9. The molecule has 3 aliphatic rings. The van der Waals surface area contributed by atoms with Crippen molar-refractivity contribution in [1.29, 1.82) is 0 Å². The van der Waals surface area contributed by atoms with E-state index in [0.29, 0.717) is 5.56 Å². The predicted octanol–water partition coefficient (Wildman–Crippen LogP) is 3.67. The molecule has 1 heterocycles. The number of aliphatic hydroxyl groups is 1. The molecule has 1 N–H and O–H groups in total. The fourth-order valence-corrected chi connectivity index (χ4v) is 7.11. The molecular formula is C31H34O9. The van der Waals surface area contributed by atoms with Crippen LogP contribution in [-0.2, 0) is 28.5 Å². The van der Waals surface area contributed by atoms with Crippen molar-refractivity contribution in [2.24, 2.45) is 11.3 Å². The summed E-state index contributed by atoms with van der Waals surface area (Å²) in [4.78, 5) is 53.3. The Morgan fingerprint density at radius 1 is 0.850 bits per heavy atom. The van der Waals surface area contributed by atoms with E-state index in [9.17, 15) is 24.3 Å². The molecule has 1 saturated heterocycles. The average Bonchev–Trinajstić information content (AvgIpc) is 3.06. The summed E-state index contributed by atoms with van der Waals surface area (Å²) in [6, 6.07) is 16.6. The van der Waals surface area contributed by atoms with Gasteiger partial charge in [0.2, 0.25) is 0 Å². The summed E-state index contributed by atoms with van der Waals surface area (Å²) in [5, 5.41) is 12.0. The molecule has 0 radical (unpaired) electrons. The standard InChI is InChI=1S/C31H34O9/c1-18(32)37-22-17-29(4,36)31-24(33)21(28(2,3)40-31)16-23(38-26(34)19-12-8-6-9-13-19)30(31,5)25(22)39-27(35)20-14-10-7-11-15-20/h6-15,21-23,25,36H,16-17H2,1-5H3/t21-,22-,23-,25+,29+,30-,31+/m1/s1. The Kier molecular flexibility index (Phi) is 6.66. The number of fused-ring (bicyclic) bond motifs is 1. The van der Waals surface area contributed by atoms with Crippen LogP contribution in [0.1, 0.15) is 68.2 Å². The number of rotatable bonds is 5. The lowest BCUT2D eigenvalue weighted by atomic mass is 9.47. The molecule has 0 aromatic heterocycles. The third-order valence-electron chi connectivity index (χ3n) is 8.90. The summed E-state index contributed by atoms with van der Waals surface area (Å²) in [6.45, 7) is 7.78. The van der Waals surface area contributed by atoms with Gasteiger partial charge in [0.05, 0.1) is 28.1 Å². The molecule has 0 unspecified atom stereocenters. The zero-order valence-electron chi connectivity index (χ0n) is 23.2. The zero-order chi connectivity index (χ0) is 29.1. The van der Waals surface area contributed by atoms with Crippen molar-refractivity contribution >= 4 is 23.7 Å². The molecule has 9 nitrogen and oxygen atoms in total. The molecular weight excluding hydrogens is 516 g/mol. The molecule has 9 heteroatoms. The van der Waals surface area contributed by atoms with Crippen LogP contribution in [0.2, 0.25) is 0 Å². The molecule has 0 amide bonds. The molecule has 2 aromatic rings. The van der Waals surface area contributed by atoms with E-state index in [4.69, 9.17) is 18.9 Å². The third-order valence-corrected chi connectivity index (χ3v) is 8.90. The Hall–Kier alpha value is -3.56. The number of hydrogen-bond acceptors (Lipinski definition) is 9. The number of ketones is 1. The van der Waals surface area contributed by atoms with Crippen molar-refractivity contribution in [1.82, 2.24) is 0 Å². The van der Waals surface area contributed by atoms with Gasteiger partial charge in [-0.1, -0.05) is 36.4 Å². The quantitative estimate of drug-likeness (QED) is 0.438. The van der Waals surface area contributed by atoms with Crippen molar-refractivity contribution in [2.75, 3.05) is 0 Å². The first kappa shape index (κ1) is 28.0. The molecule has 2 aliphatic carbocycles. The number of esters is 3. The highest BCUT2D eigenvalue weighted by atomic mass is 16.6. The van der Waals surface area contributed by atoms with Crippen LogP contribution < -0.4 is 0 Å². The van der Waals surface area contributed by atoms with E-state index in [1.165, 1.54) is 13.8 Å². The van der Waals surface area contributed by atoms with Gasteiger partial charge in [-0.2, -0.15) is 0 Å². The van der Waals surface area contributed by atoms with E-state index in [0.717, 1.165) is 0 Å². The maximum absolute atomic E-state index is 14.2. The lowest BCUT2D eigenvalue weighted by molar-refractivity contribution is -0.308. The molecule has 212 valence electrons. The summed E-state index contributed by atoms with van der Waals surface area (Å²) in [5.41, 5.74) is -5.96. The van der Waals surface area contributed by atoms with Crippen molar-refractivity contribution < 1.29 is 43.2 Å². The van der Waals surface area contributed by atoms with Crippen LogP contribution in [0.5, 0.6) is 0 Å². The highest BCUT2D eigenvalue weighted by molar-refractivity contribution is 5.97. The van der Waals surface area contributed by atoms with Crippen molar-refractivity contribution in [3.8, 4) is 0 Å². The van der Waals surface area contributed by atoms with E-state index >= 15 is 0 Å². The first-order valence-corrected chi connectivity index (χ1v) is 13.4. The van der Waals surface area contributed by atoms with Crippen LogP contribution in [0.15, 0.2) is 60.7 Å². The van der Waals surface area contributed by atoms with E-state index in [2.05, 4.69) is 0 Å². The van der Waals surface area contributed by atoms with Crippen molar-refractivity contribution in [3.05, 3.63) is 71.8 Å². The van der Waals surface area contributed by atoms with Gasteiger partial charge in [-0.15, -0.1) is 0 Å². The first-order valence-electron chi connectivity index (χ1n) is 13.4. The van der Waals surface area contributed by atoms with Gasteiger partial charge in [0, 0.05) is 13.3 Å². The normalized spacial score (nSPS) is 35.8. The number of hydrogen-bond donors (Lipinski definition) is 1. The van der Waals surface area contributed by atoms with Crippen LogP contribution in [0.3, 0.4) is 0 Å². The third kappa shape index (κ3) is 4.06. The molecule has 2 saturated carbocycles. The Morgan fingerprint density at radius 2 is 1.38 bits per heavy atom. The number of carbonyl (C=O) groups excluding carboxylic acids is 4. The highest BCUT2D eigenvalue weighted by Gasteiger charge is 2.83. The Bertz CT molecular complexity index is 1340. The minimum absolute atomic E-state index is 0.0604. The van der Waals surface area contributed by atoms with Crippen molar-refractivity contribution in [3.63, 3.8) is 0 Å². The minimum atomic E-state index is -1.94. The Labute approximate surface area is 232 Å². The lowest BCUT2D eigenvalue weighted by Gasteiger charge is -2.62. The first-order chi connectivity index (χ1) is 18.7. The van der Waals surface area contributed by atoms with Gasteiger partial charge < -0.3 is 24.1 Å². The topological polar surface area (TPSA) is 125 Å². The van der Waals surface area contributed by atoms with Gasteiger partial charge in [-0.3, -0.25) is 9.59 Å². The number of ether oxygens (including phenoxy) is 4. The molecule has 5 rings (SSSR count). The molecule has 40 heavy (non-hydrogen) atoms. The fraction of sp³-hybridized carbons (Fsp3) is 0.484. The maximum Gasteiger partial charge on any atom is 0.338 e. The van der Waals surface area contributed by atoms with Gasteiger partial charge in [0.1, 0.15) is 17.8 Å². The monoisotopic (exact) mass is 550 g/mol. The SMILES string of the molecule is CC(=O)O[C@@H]1C[C@](C)(O)[C@]23OC(C)(C)[C@H](C[C@@H](OC(=O)c4ccccc4)[C@]2(C)[C@H]1OC(=O)c1ccccc1)C3=O. The van der Waals surface area contributed by atoms with Gasteiger partial charge in [-0.25, -0.2) is 9.59 Å². The maximum atomic E-state index is 14.2. The number of Topliss-reactive ketones (excluding diaryl/α,β-unsaturated/α-hetero) is 1. The van der Waals surface area contributed by atoms with Gasteiger partial charge in [-0.05, 0) is 58.4 Å². The molecule has 7 atom stereocenters. The fourth-order valence-electron chi connectivity index (χ4n) is 7.11. The van der Waals surface area contributed by atoms with E-state index in [1.54, 1.807) is 81.4 Å². The van der Waals surface area contributed by atoms with Crippen LogP contribution in [0, 0.1) is 11.3 Å². The van der Waals surface area contributed by atoms with Crippen LogP contribution in [0.4, 0.5) is 0 Å². The van der Waals surface area contributed by atoms with Crippen LogP contribution >= 0.6 is 0 Å². The van der Waals surface area contributed by atoms with Gasteiger partial charge >= 0.3 is 17.9 Å². The number of benzene rings is 2. The molecule has 2 aromatic carbocycles. The second kappa shape index (κ2) is 9.52. The highest BCUT2D eigenvalue weighted by Crippen LogP contribution is 2.66. The minimum Gasteiger partial charge on any atom is -0.458 e. The molecule has 3 fully saturated rings. The molecule has 1 spiro atoms. The molecule has 1 aliphatic heterocycles. The summed E-state index contributed by atoms with van der Waals surface area (Å²) in [6.07, 6.45) is -3.71. The van der Waals surface area contributed by atoms with E-state index in [-0.39, 0.29) is 24.2 Å².